The number of aromatic nitrogens is 3. The first kappa shape index (κ1) is 12.7. The van der Waals surface area contributed by atoms with Crippen LogP contribution in [0.25, 0.3) is 0 Å². The second-order valence-corrected chi connectivity index (χ2v) is 3.86. The van der Waals surface area contributed by atoms with Gasteiger partial charge in [-0.05, 0) is 19.1 Å². The number of carbonyl (C=O) groups is 1. The standard InChI is InChI=1S/C12H13N5O2/c1-8(12(18)19)16-10-5-11(15-7-14-10)17-9-3-2-4-13-6-9/h2-8H,1H3,(H,18,19)(H2,14,15,16,17). The quantitative estimate of drug-likeness (QED) is 0.748. The third kappa shape index (κ3) is 3.63. The molecule has 0 aromatic carbocycles. The highest BCUT2D eigenvalue weighted by atomic mass is 16.4. The summed E-state index contributed by atoms with van der Waals surface area (Å²) in [5.74, 6) is 0.0553. The lowest BCUT2D eigenvalue weighted by Gasteiger charge is -2.11. The molecule has 0 spiro atoms. The third-order valence-corrected chi connectivity index (χ3v) is 2.34. The fourth-order valence-corrected chi connectivity index (χ4v) is 1.37. The molecule has 7 nitrogen and oxygen atoms in total. The Morgan fingerprint density at radius 1 is 1.37 bits per heavy atom. The van der Waals surface area contributed by atoms with Crippen LogP contribution in [0.4, 0.5) is 17.3 Å². The lowest BCUT2D eigenvalue weighted by atomic mass is 10.3. The van der Waals surface area contributed by atoms with E-state index in [0.717, 1.165) is 5.69 Å². The number of carboxylic acid groups (broad SMARTS) is 1. The van der Waals surface area contributed by atoms with E-state index in [1.54, 1.807) is 31.5 Å². The van der Waals surface area contributed by atoms with E-state index in [0.29, 0.717) is 11.6 Å². The van der Waals surface area contributed by atoms with E-state index in [1.165, 1.54) is 6.33 Å². The van der Waals surface area contributed by atoms with E-state index < -0.39 is 12.0 Å². The van der Waals surface area contributed by atoms with Gasteiger partial charge < -0.3 is 15.7 Å². The van der Waals surface area contributed by atoms with Crippen molar-refractivity contribution >= 4 is 23.3 Å². The smallest absolute Gasteiger partial charge is 0.325 e. The van der Waals surface area contributed by atoms with Crippen LogP contribution in [0, 0.1) is 0 Å². The first-order valence-electron chi connectivity index (χ1n) is 5.63. The molecule has 98 valence electrons. The van der Waals surface area contributed by atoms with Gasteiger partial charge in [0.05, 0.1) is 11.9 Å². The van der Waals surface area contributed by atoms with Crippen LogP contribution in [-0.4, -0.2) is 32.1 Å². The van der Waals surface area contributed by atoms with Crippen LogP contribution in [0.2, 0.25) is 0 Å². The predicted molar refractivity (Wildman–Crippen MR) is 70.3 cm³/mol. The summed E-state index contributed by atoms with van der Waals surface area (Å²) < 4.78 is 0. The summed E-state index contributed by atoms with van der Waals surface area (Å²) >= 11 is 0. The van der Waals surface area contributed by atoms with Gasteiger partial charge in [-0.15, -0.1) is 0 Å². The molecule has 0 saturated carbocycles. The minimum Gasteiger partial charge on any atom is -0.480 e. The fraction of sp³-hybridized carbons (Fsp3) is 0.167. The molecule has 2 rings (SSSR count). The van der Waals surface area contributed by atoms with Gasteiger partial charge in [0.1, 0.15) is 24.0 Å². The number of hydrogen-bond donors (Lipinski definition) is 3. The van der Waals surface area contributed by atoms with E-state index in [1.807, 2.05) is 6.07 Å². The van der Waals surface area contributed by atoms with E-state index in [2.05, 4.69) is 25.6 Å². The largest absolute Gasteiger partial charge is 0.480 e. The van der Waals surface area contributed by atoms with E-state index in [9.17, 15) is 4.79 Å². The molecule has 19 heavy (non-hydrogen) atoms. The minimum atomic E-state index is -0.944. The maximum atomic E-state index is 10.7. The van der Waals surface area contributed by atoms with Crippen molar-refractivity contribution in [2.75, 3.05) is 10.6 Å². The Bertz CT molecular complexity index is 561. The first-order valence-corrected chi connectivity index (χ1v) is 5.63. The molecule has 1 unspecified atom stereocenters. The normalized spacial score (nSPS) is 11.6. The lowest BCUT2D eigenvalue weighted by molar-refractivity contribution is -0.137. The highest BCUT2D eigenvalue weighted by Crippen LogP contribution is 2.15. The second kappa shape index (κ2) is 5.76. The zero-order valence-corrected chi connectivity index (χ0v) is 10.2. The van der Waals surface area contributed by atoms with Crippen molar-refractivity contribution in [1.29, 1.82) is 0 Å². The number of rotatable bonds is 5. The Kier molecular flexibility index (Phi) is 3.87. The Labute approximate surface area is 109 Å². The molecule has 0 aliphatic heterocycles. The van der Waals surface area contributed by atoms with Crippen molar-refractivity contribution in [3.63, 3.8) is 0 Å². The molecule has 3 N–H and O–H groups in total. The minimum absolute atomic E-state index is 0.441. The van der Waals surface area contributed by atoms with E-state index in [-0.39, 0.29) is 0 Å². The average molecular weight is 259 g/mol. The molecule has 0 saturated heterocycles. The van der Waals surface area contributed by atoms with Gasteiger partial charge >= 0.3 is 5.97 Å². The zero-order valence-electron chi connectivity index (χ0n) is 10.2. The van der Waals surface area contributed by atoms with Crippen LogP contribution < -0.4 is 10.6 Å². The summed E-state index contributed by atoms with van der Waals surface area (Å²) in [4.78, 5) is 22.7. The molecule has 7 heteroatoms. The van der Waals surface area contributed by atoms with E-state index >= 15 is 0 Å². The van der Waals surface area contributed by atoms with Gasteiger partial charge in [-0.3, -0.25) is 9.78 Å². The highest BCUT2D eigenvalue weighted by molar-refractivity contribution is 5.76. The number of carboxylic acids is 1. The van der Waals surface area contributed by atoms with Crippen LogP contribution in [0.3, 0.4) is 0 Å². The van der Waals surface area contributed by atoms with Crippen molar-refractivity contribution in [3.8, 4) is 0 Å². The van der Waals surface area contributed by atoms with Gasteiger partial charge in [-0.2, -0.15) is 0 Å². The number of hydrogen-bond acceptors (Lipinski definition) is 6. The molecule has 2 heterocycles. The van der Waals surface area contributed by atoms with Gasteiger partial charge in [-0.1, -0.05) is 0 Å². The first-order chi connectivity index (χ1) is 9.15. The molecular formula is C12H13N5O2. The van der Waals surface area contributed by atoms with Crippen molar-refractivity contribution in [1.82, 2.24) is 15.0 Å². The summed E-state index contributed by atoms with van der Waals surface area (Å²) in [5.41, 5.74) is 0.790. The summed E-state index contributed by atoms with van der Waals surface area (Å²) in [6.07, 6.45) is 4.69. The molecule has 0 fully saturated rings. The Morgan fingerprint density at radius 3 is 2.84 bits per heavy atom. The number of aliphatic carboxylic acids is 1. The molecule has 0 aliphatic carbocycles. The van der Waals surface area contributed by atoms with Crippen LogP contribution in [0.5, 0.6) is 0 Å². The fourth-order valence-electron chi connectivity index (χ4n) is 1.37. The number of nitrogens with zero attached hydrogens (tertiary/aromatic N) is 3. The monoisotopic (exact) mass is 259 g/mol. The molecule has 0 radical (unpaired) electrons. The average Bonchev–Trinajstić information content (AvgIpc) is 2.40. The molecule has 0 aliphatic rings. The van der Waals surface area contributed by atoms with Gasteiger partial charge in [-0.25, -0.2) is 9.97 Å². The summed E-state index contributed by atoms with van der Waals surface area (Å²) in [5, 5.41) is 14.6. The summed E-state index contributed by atoms with van der Waals surface area (Å²) in [6.45, 7) is 1.54. The maximum absolute atomic E-state index is 10.7. The Morgan fingerprint density at radius 2 is 2.16 bits per heavy atom. The van der Waals surface area contributed by atoms with Gasteiger partial charge in [0.15, 0.2) is 0 Å². The van der Waals surface area contributed by atoms with Crippen molar-refractivity contribution < 1.29 is 9.90 Å². The third-order valence-electron chi connectivity index (χ3n) is 2.34. The summed E-state index contributed by atoms with van der Waals surface area (Å²) in [6, 6.07) is 4.56. The van der Waals surface area contributed by atoms with E-state index in [4.69, 9.17) is 5.11 Å². The Balaban J connectivity index is 2.09. The van der Waals surface area contributed by atoms with Crippen LogP contribution in [-0.2, 0) is 4.79 Å². The number of pyridine rings is 1. The lowest BCUT2D eigenvalue weighted by Crippen LogP contribution is -2.25. The molecule has 2 aromatic heterocycles. The predicted octanol–water partition coefficient (Wildman–Crippen LogP) is 1.50. The van der Waals surface area contributed by atoms with Gasteiger partial charge in [0, 0.05) is 12.3 Å². The highest BCUT2D eigenvalue weighted by Gasteiger charge is 2.11. The molecular weight excluding hydrogens is 246 g/mol. The molecule has 1 atom stereocenters. The van der Waals surface area contributed by atoms with Crippen molar-refractivity contribution in [3.05, 3.63) is 36.9 Å². The van der Waals surface area contributed by atoms with Gasteiger partial charge in [0.2, 0.25) is 0 Å². The maximum Gasteiger partial charge on any atom is 0.325 e. The Hall–Kier alpha value is -2.70. The SMILES string of the molecule is CC(Nc1cc(Nc2cccnc2)ncn1)C(=O)O. The van der Waals surface area contributed by atoms with Gasteiger partial charge in [0.25, 0.3) is 0 Å². The number of anilines is 3. The topological polar surface area (TPSA) is 100 Å². The summed E-state index contributed by atoms with van der Waals surface area (Å²) in [7, 11) is 0. The van der Waals surface area contributed by atoms with Crippen LogP contribution >= 0.6 is 0 Å². The second-order valence-electron chi connectivity index (χ2n) is 3.86. The molecule has 0 amide bonds. The number of nitrogens with one attached hydrogen (secondary N) is 2. The molecule has 2 aromatic rings. The molecule has 0 bridgehead atoms. The van der Waals surface area contributed by atoms with Crippen LogP contribution in [0.15, 0.2) is 36.9 Å². The van der Waals surface area contributed by atoms with Crippen LogP contribution in [0.1, 0.15) is 6.92 Å². The van der Waals surface area contributed by atoms with Crippen molar-refractivity contribution in [2.45, 2.75) is 13.0 Å². The zero-order chi connectivity index (χ0) is 13.7. The van der Waals surface area contributed by atoms with Crippen molar-refractivity contribution in [2.24, 2.45) is 0 Å².